The van der Waals surface area contributed by atoms with Crippen molar-refractivity contribution in [1.29, 1.82) is 0 Å². The molecule has 1 aromatic rings. The molecular weight excluding hydrogens is 192 g/mol. The molecule has 0 aliphatic heterocycles. The summed E-state index contributed by atoms with van der Waals surface area (Å²) in [5.74, 6) is 0.551. The average molecular weight is 212 g/mol. The predicted octanol–water partition coefficient (Wildman–Crippen LogP) is 2.21. The highest BCUT2D eigenvalue weighted by Gasteiger charge is 2.06. The van der Waals surface area contributed by atoms with Crippen molar-refractivity contribution in [3.8, 4) is 6.08 Å². The number of ether oxygens (including phenoxy) is 1. The molecule has 0 saturated carbocycles. The van der Waals surface area contributed by atoms with E-state index in [1.807, 2.05) is 7.05 Å². The van der Waals surface area contributed by atoms with Gasteiger partial charge in [0.15, 0.2) is 0 Å². The SMILES string of the molecule is CCCC(C)COc1nc(CNC)co1. The summed E-state index contributed by atoms with van der Waals surface area (Å²) in [6.07, 6.45) is 4.35. The van der Waals surface area contributed by atoms with Gasteiger partial charge in [-0.2, -0.15) is 4.98 Å². The zero-order chi connectivity index (χ0) is 11.1. The molecule has 86 valence electrons. The summed E-state index contributed by atoms with van der Waals surface area (Å²) < 4.78 is 10.6. The van der Waals surface area contributed by atoms with E-state index in [0.29, 0.717) is 25.1 Å². The number of hydrogen-bond acceptors (Lipinski definition) is 4. The first kappa shape index (κ1) is 12.0. The molecule has 4 heteroatoms. The highest BCUT2D eigenvalue weighted by Crippen LogP contribution is 2.12. The Hall–Kier alpha value is -1.03. The number of aromatic nitrogens is 1. The van der Waals surface area contributed by atoms with Crippen LogP contribution in [0.1, 0.15) is 32.4 Å². The lowest BCUT2D eigenvalue weighted by Crippen LogP contribution is -2.09. The van der Waals surface area contributed by atoms with Crippen LogP contribution in [0, 0.1) is 5.92 Å². The first-order chi connectivity index (χ1) is 7.26. The molecule has 0 fully saturated rings. The monoisotopic (exact) mass is 212 g/mol. The fourth-order valence-corrected chi connectivity index (χ4v) is 1.41. The molecule has 0 aromatic carbocycles. The summed E-state index contributed by atoms with van der Waals surface area (Å²) in [5, 5.41) is 3.00. The fraction of sp³-hybridized carbons (Fsp3) is 0.727. The lowest BCUT2D eigenvalue weighted by Gasteiger charge is -2.08. The molecule has 0 amide bonds. The van der Waals surface area contributed by atoms with E-state index in [1.165, 1.54) is 12.8 Å². The van der Waals surface area contributed by atoms with Crippen molar-refractivity contribution in [2.75, 3.05) is 13.7 Å². The molecule has 0 aliphatic rings. The van der Waals surface area contributed by atoms with Crippen LogP contribution in [-0.2, 0) is 6.54 Å². The van der Waals surface area contributed by atoms with E-state index in [-0.39, 0.29) is 0 Å². The van der Waals surface area contributed by atoms with Crippen LogP contribution >= 0.6 is 0 Å². The predicted molar refractivity (Wildman–Crippen MR) is 58.8 cm³/mol. The van der Waals surface area contributed by atoms with Crippen molar-refractivity contribution in [2.45, 2.75) is 33.2 Å². The zero-order valence-corrected chi connectivity index (χ0v) is 9.75. The quantitative estimate of drug-likeness (QED) is 0.752. The maximum atomic E-state index is 5.44. The Balaban J connectivity index is 2.30. The number of rotatable bonds is 7. The van der Waals surface area contributed by atoms with Crippen molar-refractivity contribution >= 4 is 0 Å². The van der Waals surface area contributed by atoms with Gasteiger partial charge in [0.1, 0.15) is 6.26 Å². The smallest absolute Gasteiger partial charge is 0.393 e. The van der Waals surface area contributed by atoms with Crippen molar-refractivity contribution in [3.63, 3.8) is 0 Å². The third-order valence-corrected chi connectivity index (χ3v) is 2.16. The highest BCUT2D eigenvalue weighted by atomic mass is 16.6. The van der Waals surface area contributed by atoms with Gasteiger partial charge in [-0.05, 0) is 19.4 Å². The van der Waals surface area contributed by atoms with Crippen molar-refractivity contribution in [3.05, 3.63) is 12.0 Å². The Morgan fingerprint density at radius 1 is 1.60 bits per heavy atom. The topological polar surface area (TPSA) is 47.3 Å². The number of oxazole rings is 1. The first-order valence-electron chi connectivity index (χ1n) is 5.48. The largest absolute Gasteiger partial charge is 0.450 e. The van der Waals surface area contributed by atoms with Crippen molar-refractivity contribution < 1.29 is 9.15 Å². The molecule has 0 saturated heterocycles. The van der Waals surface area contributed by atoms with Gasteiger partial charge in [0.25, 0.3) is 0 Å². The van der Waals surface area contributed by atoms with Crippen LogP contribution in [0.4, 0.5) is 0 Å². The molecule has 1 unspecified atom stereocenters. The zero-order valence-electron chi connectivity index (χ0n) is 9.75. The van der Waals surface area contributed by atoms with Gasteiger partial charge >= 0.3 is 6.08 Å². The van der Waals surface area contributed by atoms with E-state index in [1.54, 1.807) is 6.26 Å². The second kappa shape index (κ2) is 6.45. The minimum absolute atomic E-state index is 0.378. The molecule has 0 aliphatic carbocycles. The Labute approximate surface area is 91.0 Å². The average Bonchev–Trinajstić information content (AvgIpc) is 2.64. The van der Waals surface area contributed by atoms with E-state index in [2.05, 4.69) is 24.1 Å². The van der Waals surface area contributed by atoms with Crippen LogP contribution in [0.3, 0.4) is 0 Å². The summed E-state index contributed by atoms with van der Waals surface area (Å²) in [6.45, 7) is 5.72. The Morgan fingerprint density at radius 2 is 2.40 bits per heavy atom. The molecule has 1 heterocycles. The molecular formula is C11H20N2O2. The first-order valence-corrected chi connectivity index (χ1v) is 5.48. The highest BCUT2D eigenvalue weighted by molar-refractivity contribution is 4.99. The van der Waals surface area contributed by atoms with Crippen molar-refractivity contribution in [1.82, 2.24) is 10.3 Å². The maximum absolute atomic E-state index is 5.44. The Kier molecular flexibility index (Phi) is 5.18. The molecule has 1 aromatic heterocycles. The molecule has 0 radical (unpaired) electrons. The summed E-state index contributed by atoms with van der Waals surface area (Å²) in [6, 6.07) is 0. The minimum Gasteiger partial charge on any atom is -0.450 e. The Morgan fingerprint density at radius 3 is 3.07 bits per heavy atom. The van der Waals surface area contributed by atoms with Gasteiger partial charge in [-0.15, -0.1) is 0 Å². The van der Waals surface area contributed by atoms with Crippen LogP contribution in [-0.4, -0.2) is 18.6 Å². The van der Waals surface area contributed by atoms with E-state index in [4.69, 9.17) is 9.15 Å². The van der Waals surface area contributed by atoms with E-state index < -0.39 is 0 Å². The fourth-order valence-electron chi connectivity index (χ4n) is 1.41. The molecule has 1 rings (SSSR count). The maximum Gasteiger partial charge on any atom is 0.393 e. The van der Waals surface area contributed by atoms with Crippen LogP contribution in [0.15, 0.2) is 10.7 Å². The van der Waals surface area contributed by atoms with Gasteiger partial charge in [0, 0.05) is 6.54 Å². The summed E-state index contributed by atoms with van der Waals surface area (Å²) in [4.78, 5) is 4.18. The Bertz CT molecular complexity index is 273. The number of hydrogen-bond donors (Lipinski definition) is 1. The minimum atomic E-state index is 0.378. The van der Waals surface area contributed by atoms with Gasteiger partial charge in [0.2, 0.25) is 0 Å². The standard InChI is InChI=1S/C11H20N2O2/c1-4-5-9(2)7-14-11-13-10(6-12-3)8-15-11/h8-9,12H,4-7H2,1-3H3. The summed E-state index contributed by atoms with van der Waals surface area (Å²) in [5.41, 5.74) is 0.871. The van der Waals surface area contributed by atoms with Crippen molar-refractivity contribution in [2.24, 2.45) is 5.92 Å². The number of nitrogens with zero attached hydrogens (tertiary/aromatic N) is 1. The van der Waals surface area contributed by atoms with Gasteiger partial charge in [-0.25, -0.2) is 0 Å². The molecule has 4 nitrogen and oxygen atoms in total. The normalized spacial score (nSPS) is 12.7. The lowest BCUT2D eigenvalue weighted by molar-refractivity contribution is 0.190. The molecule has 1 atom stereocenters. The number of nitrogens with one attached hydrogen (secondary N) is 1. The molecule has 0 bridgehead atoms. The van der Waals surface area contributed by atoms with Crippen LogP contribution in [0.2, 0.25) is 0 Å². The lowest BCUT2D eigenvalue weighted by atomic mass is 10.1. The molecule has 0 spiro atoms. The van der Waals surface area contributed by atoms with Gasteiger partial charge < -0.3 is 14.5 Å². The third kappa shape index (κ3) is 4.34. The summed E-state index contributed by atoms with van der Waals surface area (Å²) >= 11 is 0. The molecule has 1 N–H and O–H groups in total. The second-order valence-electron chi connectivity index (χ2n) is 3.84. The molecule has 15 heavy (non-hydrogen) atoms. The second-order valence-corrected chi connectivity index (χ2v) is 3.84. The third-order valence-electron chi connectivity index (χ3n) is 2.16. The van der Waals surface area contributed by atoms with E-state index >= 15 is 0 Å². The van der Waals surface area contributed by atoms with Crippen LogP contribution in [0.5, 0.6) is 6.08 Å². The van der Waals surface area contributed by atoms with Crippen LogP contribution < -0.4 is 10.1 Å². The van der Waals surface area contributed by atoms with Crippen LogP contribution in [0.25, 0.3) is 0 Å². The summed E-state index contributed by atoms with van der Waals surface area (Å²) in [7, 11) is 1.87. The van der Waals surface area contributed by atoms with E-state index in [9.17, 15) is 0 Å². The van der Waals surface area contributed by atoms with Gasteiger partial charge in [-0.3, -0.25) is 0 Å². The van der Waals surface area contributed by atoms with E-state index in [0.717, 1.165) is 5.69 Å². The van der Waals surface area contributed by atoms with Gasteiger partial charge in [0.05, 0.1) is 12.3 Å². The van der Waals surface area contributed by atoms with Gasteiger partial charge in [-0.1, -0.05) is 20.3 Å².